The number of para-hydroxylation sites is 1. The monoisotopic (exact) mass is 215 g/mol. The summed E-state index contributed by atoms with van der Waals surface area (Å²) in [7, 11) is 0. The third kappa shape index (κ3) is 2.11. The zero-order chi connectivity index (χ0) is 11.5. The van der Waals surface area contributed by atoms with E-state index >= 15 is 0 Å². The number of nitrogens with two attached hydrogens (primary N) is 1. The van der Waals surface area contributed by atoms with Gasteiger partial charge in [0.1, 0.15) is 5.82 Å². The molecule has 0 aliphatic heterocycles. The van der Waals surface area contributed by atoms with Crippen LogP contribution in [0.3, 0.4) is 0 Å². The van der Waals surface area contributed by atoms with Crippen LogP contribution < -0.4 is 10.5 Å². The molecular weight excluding hydrogens is 202 g/mol. The second kappa shape index (κ2) is 4.18. The maximum Gasteiger partial charge on any atom is 0.222 e. The van der Waals surface area contributed by atoms with Crippen LogP contribution in [0, 0.1) is 13.8 Å². The number of hydrogen-bond acceptors (Lipinski definition) is 4. The molecule has 1 aromatic heterocycles. The van der Waals surface area contributed by atoms with Gasteiger partial charge < -0.3 is 10.5 Å². The van der Waals surface area contributed by atoms with Gasteiger partial charge in [0.25, 0.3) is 0 Å². The van der Waals surface area contributed by atoms with Crippen LogP contribution in [0.1, 0.15) is 11.4 Å². The number of ether oxygens (including phenoxy) is 1. The van der Waals surface area contributed by atoms with Crippen molar-refractivity contribution < 1.29 is 4.74 Å². The van der Waals surface area contributed by atoms with Gasteiger partial charge in [0, 0.05) is 12.3 Å². The molecule has 16 heavy (non-hydrogen) atoms. The summed E-state index contributed by atoms with van der Waals surface area (Å²) in [6.45, 7) is 3.76. The molecule has 0 aliphatic rings. The summed E-state index contributed by atoms with van der Waals surface area (Å²) < 4.78 is 5.64. The summed E-state index contributed by atoms with van der Waals surface area (Å²) in [6, 6.07) is 7.34. The molecule has 1 aromatic carbocycles. The Balaban J connectivity index is 2.34. The van der Waals surface area contributed by atoms with Crippen molar-refractivity contribution in [2.75, 3.05) is 5.73 Å². The van der Waals surface area contributed by atoms with E-state index < -0.39 is 0 Å². The van der Waals surface area contributed by atoms with E-state index in [1.54, 1.807) is 18.3 Å². The predicted octanol–water partition coefficient (Wildman–Crippen LogP) is 2.47. The van der Waals surface area contributed by atoms with Gasteiger partial charge in [-0.05, 0) is 25.5 Å². The minimum atomic E-state index is 0.508. The zero-order valence-electron chi connectivity index (χ0n) is 9.27. The Morgan fingerprint density at radius 1 is 1.19 bits per heavy atom. The van der Waals surface area contributed by atoms with Gasteiger partial charge in [0.05, 0.1) is 5.69 Å². The van der Waals surface area contributed by atoms with Crippen molar-refractivity contribution >= 4 is 5.69 Å². The van der Waals surface area contributed by atoms with E-state index in [4.69, 9.17) is 10.5 Å². The van der Waals surface area contributed by atoms with Gasteiger partial charge in [0.15, 0.2) is 5.75 Å². The maximum absolute atomic E-state index is 5.84. The molecule has 0 radical (unpaired) electrons. The van der Waals surface area contributed by atoms with Crippen LogP contribution >= 0.6 is 0 Å². The summed E-state index contributed by atoms with van der Waals surface area (Å²) in [5, 5.41) is 0. The first-order chi connectivity index (χ1) is 7.66. The van der Waals surface area contributed by atoms with Crippen LogP contribution in [0.15, 0.2) is 30.5 Å². The van der Waals surface area contributed by atoms with E-state index in [1.807, 2.05) is 26.0 Å². The lowest BCUT2D eigenvalue weighted by atomic mass is 10.2. The van der Waals surface area contributed by atoms with E-state index in [-0.39, 0.29) is 0 Å². The zero-order valence-corrected chi connectivity index (χ0v) is 9.27. The average molecular weight is 215 g/mol. The van der Waals surface area contributed by atoms with Gasteiger partial charge >= 0.3 is 0 Å². The fourth-order valence-electron chi connectivity index (χ4n) is 1.41. The number of aromatic nitrogens is 2. The highest BCUT2D eigenvalue weighted by atomic mass is 16.5. The number of hydrogen-bond donors (Lipinski definition) is 1. The fraction of sp³-hybridized carbons (Fsp3) is 0.167. The molecule has 0 saturated heterocycles. The third-order valence-corrected chi connectivity index (χ3v) is 2.20. The largest absolute Gasteiger partial charge is 0.436 e. The minimum absolute atomic E-state index is 0.508. The number of benzene rings is 1. The van der Waals surface area contributed by atoms with Gasteiger partial charge in [-0.25, -0.2) is 4.98 Å². The number of nitrogen functional groups attached to an aromatic ring is 1. The topological polar surface area (TPSA) is 61.0 Å². The molecule has 0 aliphatic carbocycles. The first kappa shape index (κ1) is 10.4. The first-order valence-electron chi connectivity index (χ1n) is 4.99. The standard InChI is InChI=1S/C12H13N3O/c1-8-4-3-5-10(13)12(8)16-11-6-7-14-9(2)15-11/h3-7H,13H2,1-2H3. The summed E-state index contributed by atoms with van der Waals surface area (Å²) >= 11 is 0. The molecular formula is C12H13N3O. The molecule has 0 atom stereocenters. The Hall–Kier alpha value is -2.10. The Morgan fingerprint density at radius 3 is 2.69 bits per heavy atom. The summed E-state index contributed by atoms with van der Waals surface area (Å²) in [5.74, 6) is 1.83. The predicted molar refractivity (Wildman–Crippen MR) is 62.4 cm³/mol. The molecule has 2 aromatic rings. The lowest BCUT2D eigenvalue weighted by Crippen LogP contribution is -1.97. The highest BCUT2D eigenvalue weighted by molar-refractivity contribution is 5.57. The number of rotatable bonds is 2. The molecule has 0 amide bonds. The normalized spacial score (nSPS) is 10.1. The summed E-state index contributed by atoms with van der Waals surface area (Å²) in [5.41, 5.74) is 7.43. The van der Waals surface area contributed by atoms with E-state index in [0.29, 0.717) is 23.1 Å². The molecule has 2 N–H and O–H groups in total. The van der Waals surface area contributed by atoms with Gasteiger partial charge in [-0.15, -0.1) is 0 Å². The minimum Gasteiger partial charge on any atom is -0.436 e. The average Bonchev–Trinajstić information content (AvgIpc) is 2.24. The van der Waals surface area contributed by atoms with Crippen molar-refractivity contribution in [3.8, 4) is 11.6 Å². The van der Waals surface area contributed by atoms with E-state index in [0.717, 1.165) is 5.56 Å². The van der Waals surface area contributed by atoms with Crippen molar-refractivity contribution in [2.45, 2.75) is 13.8 Å². The second-order valence-electron chi connectivity index (χ2n) is 3.54. The Morgan fingerprint density at radius 2 is 2.00 bits per heavy atom. The van der Waals surface area contributed by atoms with Crippen molar-refractivity contribution in [3.05, 3.63) is 41.9 Å². The van der Waals surface area contributed by atoms with Crippen molar-refractivity contribution in [1.82, 2.24) is 9.97 Å². The van der Waals surface area contributed by atoms with Crippen LogP contribution in [0.2, 0.25) is 0 Å². The highest BCUT2D eigenvalue weighted by Gasteiger charge is 2.06. The van der Waals surface area contributed by atoms with Gasteiger partial charge in [-0.3, -0.25) is 0 Å². The number of aryl methyl sites for hydroxylation is 2. The van der Waals surface area contributed by atoms with Crippen LogP contribution in [-0.2, 0) is 0 Å². The van der Waals surface area contributed by atoms with E-state index in [2.05, 4.69) is 9.97 Å². The lowest BCUT2D eigenvalue weighted by molar-refractivity contribution is 0.458. The maximum atomic E-state index is 5.84. The van der Waals surface area contributed by atoms with Crippen LogP contribution in [0.25, 0.3) is 0 Å². The van der Waals surface area contributed by atoms with Crippen molar-refractivity contribution in [2.24, 2.45) is 0 Å². The number of nitrogens with zero attached hydrogens (tertiary/aromatic N) is 2. The summed E-state index contributed by atoms with van der Waals surface area (Å²) in [6.07, 6.45) is 1.66. The molecule has 4 nitrogen and oxygen atoms in total. The van der Waals surface area contributed by atoms with E-state index in [1.165, 1.54) is 0 Å². The lowest BCUT2D eigenvalue weighted by Gasteiger charge is -2.10. The first-order valence-corrected chi connectivity index (χ1v) is 4.99. The molecule has 82 valence electrons. The molecule has 0 saturated carbocycles. The van der Waals surface area contributed by atoms with Gasteiger partial charge in [-0.1, -0.05) is 12.1 Å². The fourth-order valence-corrected chi connectivity index (χ4v) is 1.41. The van der Waals surface area contributed by atoms with Crippen LogP contribution in [-0.4, -0.2) is 9.97 Å². The molecule has 2 rings (SSSR count). The van der Waals surface area contributed by atoms with Crippen molar-refractivity contribution in [3.63, 3.8) is 0 Å². The quantitative estimate of drug-likeness (QED) is 0.782. The molecule has 0 bridgehead atoms. The molecule has 4 heteroatoms. The Kier molecular flexibility index (Phi) is 2.72. The SMILES string of the molecule is Cc1nccc(Oc2c(C)cccc2N)n1. The molecule has 0 fully saturated rings. The van der Waals surface area contributed by atoms with Crippen LogP contribution in [0.4, 0.5) is 5.69 Å². The number of anilines is 1. The van der Waals surface area contributed by atoms with Crippen LogP contribution in [0.5, 0.6) is 11.6 Å². The third-order valence-electron chi connectivity index (χ3n) is 2.20. The Bertz CT molecular complexity index is 491. The van der Waals surface area contributed by atoms with Gasteiger partial charge in [-0.2, -0.15) is 4.98 Å². The molecule has 1 heterocycles. The molecule has 0 unspecified atom stereocenters. The van der Waals surface area contributed by atoms with Gasteiger partial charge in [0.2, 0.25) is 5.88 Å². The van der Waals surface area contributed by atoms with E-state index in [9.17, 15) is 0 Å². The Labute approximate surface area is 94.1 Å². The highest BCUT2D eigenvalue weighted by Crippen LogP contribution is 2.29. The summed E-state index contributed by atoms with van der Waals surface area (Å²) in [4.78, 5) is 8.17. The van der Waals surface area contributed by atoms with Crippen molar-refractivity contribution in [1.29, 1.82) is 0 Å². The molecule has 0 spiro atoms. The second-order valence-corrected chi connectivity index (χ2v) is 3.54. The smallest absolute Gasteiger partial charge is 0.222 e.